The Bertz CT molecular complexity index is 561. The Morgan fingerprint density at radius 1 is 1.39 bits per heavy atom. The average Bonchev–Trinajstić information content (AvgIpc) is 2.78. The lowest BCUT2D eigenvalue weighted by Crippen LogP contribution is -2.36. The fraction of sp³-hybridized carbons (Fsp3) is 0.467. The van der Waals surface area contributed by atoms with Crippen LogP contribution in [0.4, 0.5) is 0 Å². The summed E-state index contributed by atoms with van der Waals surface area (Å²) in [6.07, 6.45) is 4.14. The maximum Gasteiger partial charge on any atom is 0.175 e. The van der Waals surface area contributed by atoms with Crippen LogP contribution in [0.5, 0.6) is 5.75 Å². The van der Waals surface area contributed by atoms with Crippen molar-refractivity contribution in [3.63, 3.8) is 0 Å². The van der Waals surface area contributed by atoms with Gasteiger partial charge in [0.25, 0.3) is 0 Å². The number of piperidine rings is 1. The van der Waals surface area contributed by atoms with Gasteiger partial charge in [-0.25, -0.2) is 0 Å². The Labute approximate surface area is 107 Å². The van der Waals surface area contributed by atoms with Gasteiger partial charge in [-0.05, 0) is 45.3 Å². The van der Waals surface area contributed by atoms with Crippen molar-refractivity contribution in [2.75, 3.05) is 13.6 Å². The summed E-state index contributed by atoms with van der Waals surface area (Å²) in [6, 6.07) is 6.20. The molecule has 1 aliphatic heterocycles. The lowest BCUT2D eigenvalue weighted by Gasteiger charge is -2.34. The molecule has 0 radical (unpaired) electrons. The zero-order chi connectivity index (χ0) is 12.7. The molecule has 2 unspecified atom stereocenters. The van der Waals surface area contributed by atoms with Crippen LogP contribution in [0, 0.1) is 0 Å². The number of likely N-dealkylation sites (tertiary alicyclic amines) is 1. The van der Waals surface area contributed by atoms with Gasteiger partial charge in [0.1, 0.15) is 0 Å². The molecule has 3 rings (SSSR count). The van der Waals surface area contributed by atoms with E-state index in [4.69, 9.17) is 4.42 Å². The third kappa shape index (κ3) is 1.79. The van der Waals surface area contributed by atoms with Crippen molar-refractivity contribution in [1.82, 2.24) is 4.90 Å². The van der Waals surface area contributed by atoms with E-state index in [1.54, 1.807) is 6.07 Å². The standard InChI is InChI=1S/C15H19NO2/c1-10-8-11(6-7-16(10)2)13-9-18-15-12(13)4-3-5-14(15)17/h3-5,9-11,17H,6-8H2,1-2H3. The molecule has 0 saturated carbocycles. The molecule has 2 heterocycles. The zero-order valence-corrected chi connectivity index (χ0v) is 10.9. The third-order valence-electron chi connectivity index (χ3n) is 4.26. The fourth-order valence-corrected chi connectivity index (χ4v) is 2.95. The molecule has 18 heavy (non-hydrogen) atoms. The molecule has 0 spiro atoms. The summed E-state index contributed by atoms with van der Waals surface area (Å²) in [5.41, 5.74) is 1.87. The zero-order valence-electron chi connectivity index (χ0n) is 10.9. The van der Waals surface area contributed by atoms with Crippen LogP contribution in [0.15, 0.2) is 28.9 Å². The van der Waals surface area contributed by atoms with E-state index in [2.05, 4.69) is 18.9 Å². The molecule has 0 aliphatic carbocycles. The predicted octanol–water partition coefficient (Wildman–Crippen LogP) is 3.34. The van der Waals surface area contributed by atoms with Crippen molar-refractivity contribution in [2.24, 2.45) is 0 Å². The second kappa shape index (κ2) is 4.32. The van der Waals surface area contributed by atoms with Crippen LogP contribution in [0.1, 0.15) is 31.2 Å². The number of phenols is 1. The van der Waals surface area contributed by atoms with Gasteiger partial charge in [-0.2, -0.15) is 0 Å². The first-order valence-electron chi connectivity index (χ1n) is 6.56. The normalized spacial score (nSPS) is 25.7. The molecule has 96 valence electrons. The van der Waals surface area contributed by atoms with Gasteiger partial charge in [0.05, 0.1) is 6.26 Å². The summed E-state index contributed by atoms with van der Waals surface area (Å²) in [7, 11) is 2.18. The minimum atomic E-state index is 0.236. The summed E-state index contributed by atoms with van der Waals surface area (Å²) in [5.74, 6) is 0.777. The number of rotatable bonds is 1. The van der Waals surface area contributed by atoms with Crippen LogP contribution in [0.3, 0.4) is 0 Å². The quantitative estimate of drug-likeness (QED) is 0.837. The van der Waals surface area contributed by atoms with Gasteiger partial charge in [0.15, 0.2) is 11.3 Å². The SMILES string of the molecule is CC1CC(c2coc3c(O)cccc23)CCN1C. The maximum atomic E-state index is 9.77. The van der Waals surface area contributed by atoms with E-state index in [0.29, 0.717) is 17.5 Å². The van der Waals surface area contributed by atoms with E-state index >= 15 is 0 Å². The Morgan fingerprint density at radius 2 is 2.22 bits per heavy atom. The first-order chi connectivity index (χ1) is 8.66. The largest absolute Gasteiger partial charge is 0.504 e. The van der Waals surface area contributed by atoms with E-state index in [0.717, 1.165) is 24.8 Å². The molecule has 3 nitrogen and oxygen atoms in total. The minimum absolute atomic E-state index is 0.236. The lowest BCUT2D eigenvalue weighted by molar-refractivity contribution is 0.183. The van der Waals surface area contributed by atoms with Gasteiger partial charge in [-0.1, -0.05) is 12.1 Å². The molecule has 0 amide bonds. The first kappa shape index (κ1) is 11.6. The second-order valence-corrected chi connectivity index (χ2v) is 5.40. The number of fused-ring (bicyclic) bond motifs is 1. The monoisotopic (exact) mass is 245 g/mol. The molecule has 0 bridgehead atoms. The Kier molecular flexibility index (Phi) is 2.78. The topological polar surface area (TPSA) is 36.6 Å². The molecule has 3 heteroatoms. The number of benzene rings is 1. The highest BCUT2D eigenvalue weighted by molar-refractivity contribution is 5.86. The van der Waals surface area contributed by atoms with E-state index < -0.39 is 0 Å². The van der Waals surface area contributed by atoms with Gasteiger partial charge in [-0.3, -0.25) is 0 Å². The summed E-state index contributed by atoms with van der Waals surface area (Å²) < 4.78 is 5.53. The lowest BCUT2D eigenvalue weighted by atomic mass is 9.86. The first-order valence-corrected chi connectivity index (χ1v) is 6.56. The molecule has 1 saturated heterocycles. The third-order valence-corrected chi connectivity index (χ3v) is 4.26. The van der Waals surface area contributed by atoms with E-state index in [1.165, 1.54) is 5.56 Å². The van der Waals surface area contributed by atoms with Crippen LogP contribution >= 0.6 is 0 Å². The van der Waals surface area contributed by atoms with Crippen molar-refractivity contribution in [3.8, 4) is 5.75 Å². The van der Waals surface area contributed by atoms with Crippen LogP contribution in [0.2, 0.25) is 0 Å². The number of hydrogen-bond donors (Lipinski definition) is 1. The number of furan rings is 1. The van der Waals surface area contributed by atoms with Crippen LogP contribution in [0.25, 0.3) is 11.0 Å². The van der Waals surface area contributed by atoms with Gasteiger partial charge >= 0.3 is 0 Å². The summed E-state index contributed by atoms with van der Waals surface area (Å²) in [5, 5.41) is 10.8. The molecule has 1 aliphatic rings. The average molecular weight is 245 g/mol. The molecule has 1 aromatic carbocycles. The molecule has 2 aromatic rings. The van der Waals surface area contributed by atoms with E-state index in [9.17, 15) is 5.11 Å². The van der Waals surface area contributed by atoms with Crippen LogP contribution in [-0.4, -0.2) is 29.6 Å². The highest BCUT2D eigenvalue weighted by Gasteiger charge is 2.26. The van der Waals surface area contributed by atoms with Crippen molar-refractivity contribution >= 4 is 11.0 Å². The number of hydrogen-bond acceptors (Lipinski definition) is 3. The molecule has 1 N–H and O–H groups in total. The van der Waals surface area contributed by atoms with Crippen LogP contribution in [-0.2, 0) is 0 Å². The Balaban J connectivity index is 1.98. The Morgan fingerprint density at radius 3 is 3.00 bits per heavy atom. The van der Waals surface area contributed by atoms with Crippen molar-refractivity contribution in [1.29, 1.82) is 0 Å². The minimum Gasteiger partial charge on any atom is -0.504 e. The van der Waals surface area contributed by atoms with Gasteiger partial charge in [-0.15, -0.1) is 0 Å². The fourth-order valence-electron chi connectivity index (χ4n) is 2.95. The smallest absolute Gasteiger partial charge is 0.175 e. The summed E-state index contributed by atoms with van der Waals surface area (Å²) in [6.45, 7) is 3.39. The van der Waals surface area contributed by atoms with E-state index in [-0.39, 0.29) is 5.75 Å². The molecular weight excluding hydrogens is 226 g/mol. The summed E-state index contributed by atoms with van der Waals surface area (Å²) >= 11 is 0. The number of phenolic OH excluding ortho intramolecular Hbond substituents is 1. The number of aromatic hydroxyl groups is 1. The highest BCUT2D eigenvalue weighted by atomic mass is 16.3. The number of para-hydroxylation sites is 1. The predicted molar refractivity (Wildman–Crippen MR) is 71.9 cm³/mol. The van der Waals surface area contributed by atoms with Crippen molar-refractivity contribution in [3.05, 3.63) is 30.0 Å². The van der Waals surface area contributed by atoms with Crippen LogP contribution < -0.4 is 0 Å². The second-order valence-electron chi connectivity index (χ2n) is 5.40. The molecule has 1 aromatic heterocycles. The molecular formula is C15H19NO2. The molecule has 1 fully saturated rings. The number of nitrogens with zero attached hydrogens (tertiary/aromatic N) is 1. The van der Waals surface area contributed by atoms with E-state index in [1.807, 2.05) is 18.4 Å². The molecule has 2 atom stereocenters. The maximum absolute atomic E-state index is 9.77. The summed E-state index contributed by atoms with van der Waals surface area (Å²) in [4.78, 5) is 2.40. The van der Waals surface area contributed by atoms with Gasteiger partial charge in [0.2, 0.25) is 0 Å². The Hall–Kier alpha value is -1.48. The van der Waals surface area contributed by atoms with Crippen molar-refractivity contribution < 1.29 is 9.52 Å². The highest BCUT2D eigenvalue weighted by Crippen LogP contribution is 2.38. The van der Waals surface area contributed by atoms with Crippen molar-refractivity contribution in [2.45, 2.75) is 31.7 Å². The van der Waals surface area contributed by atoms with Gasteiger partial charge < -0.3 is 14.4 Å². The van der Waals surface area contributed by atoms with Gasteiger partial charge in [0, 0.05) is 17.0 Å².